The third kappa shape index (κ3) is 5.55. The van der Waals surface area contributed by atoms with Crippen molar-refractivity contribution in [2.45, 2.75) is 44.8 Å². The van der Waals surface area contributed by atoms with Gasteiger partial charge in [-0.2, -0.15) is 0 Å². The molecule has 2 aromatic carbocycles. The number of likely N-dealkylation sites (tertiary alicyclic amines) is 2. The van der Waals surface area contributed by atoms with Gasteiger partial charge in [0.15, 0.2) is 0 Å². The normalized spacial score (nSPS) is 19.9. The molecule has 8 nitrogen and oxygen atoms in total. The predicted molar refractivity (Wildman–Crippen MR) is 145 cm³/mol. The fraction of sp³-hybridized carbons (Fsp3) is 0.500. The Balaban J connectivity index is 1.23. The van der Waals surface area contributed by atoms with Crippen LogP contribution in [0.3, 0.4) is 0 Å². The predicted octanol–water partition coefficient (Wildman–Crippen LogP) is 3.13. The largest absolute Gasteiger partial charge is 0.367 e. The highest BCUT2D eigenvalue weighted by Gasteiger charge is 2.54. The summed E-state index contributed by atoms with van der Waals surface area (Å²) in [5, 5.41) is 0. The summed E-state index contributed by atoms with van der Waals surface area (Å²) in [4.78, 5) is 47.5. The number of rotatable bonds is 7. The number of piperidine rings is 2. The van der Waals surface area contributed by atoms with Gasteiger partial charge >= 0.3 is 0 Å². The molecule has 3 aliphatic heterocycles. The lowest BCUT2D eigenvalue weighted by Crippen LogP contribution is -2.58. The minimum Gasteiger partial charge on any atom is -0.367 e. The van der Waals surface area contributed by atoms with E-state index < -0.39 is 5.54 Å². The molecule has 0 unspecified atom stereocenters. The second-order valence-electron chi connectivity index (χ2n) is 10.9. The van der Waals surface area contributed by atoms with Crippen molar-refractivity contribution in [3.8, 4) is 0 Å². The summed E-state index contributed by atoms with van der Waals surface area (Å²) >= 11 is 0. The summed E-state index contributed by atoms with van der Waals surface area (Å²) < 4.78 is 5.67. The van der Waals surface area contributed by atoms with E-state index in [4.69, 9.17) is 4.74 Å². The zero-order chi connectivity index (χ0) is 26.5. The zero-order valence-electron chi connectivity index (χ0n) is 22.3. The van der Waals surface area contributed by atoms with Crippen molar-refractivity contribution in [3.63, 3.8) is 0 Å². The minimum atomic E-state index is -0.750. The highest BCUT2D eigenvalue weighted by atomic mass is 16.5. The molecular formula is C30H38N4O4. The van der Waals surface area contributed by atoms with Crippen molar-refractivity contribution in [1.29, 1.82) is 0 Å². The van der Waals surface area contributed by atoms with Crippen LogP contribution in [0.1, 0.15) is 38.2 Å². The Bertz CT molecular complexity index is 1110. The zero-order valence-corrected chi connectivity index (χ0v) is 22.3. The van der Waals surface area contributed by atoms with Gasteiger partial charge in [0.05, 0.1) is 13.3 Å². The molecule has 38 heavy (non-hydrogen) atoms. The van der Waals surface area contributed by atoms with Gasteiger partial charge in [-0.25, -0.2) is 0 Å². The second-order valence-corrected chi connectivity index (χ2v) is 10.9. The van der Waals surface area contributed by atoms with Gasteiger partial charge in [0.25, 0.3) is 5.91 Å². The summed E-state index contributed by atoms with van der Waals surface area (Å²) in [6, 6.07) is 19.7. The van der Waals surface area contributed by atoms with Gasteiger partial charge in [-0.1, -0.05) is 55.5 Å². The van der Waals surface area contributed by atoms with E-state index in [2.05, 4.69) is 11.8 Å². The molecule has 3 aliphatic rings. The minimum absolute atomic E-state index is 0.00694. The van der Waals surface area contributed by atoms with E-state index in [1.807, 2.05) is 65.6 Å². The molecule has 0 atom stereocenters. The molecule has 2 aromatic rings. The average Bonchev–Trinajstić information content (AvgIpc) is 3.21. The molecule has 3 heterocycles. The molecule has 8 heteroatoms. The van der Waals surface area contributed by atoms with Crippen molar-refractivity contribution in [3.05, 3.63) is 66.2 Å². The number of hydrogen-bond acceptors (Lipinski definition) is 5. The lowest BCUT2D eigenvalue weighted by molar-refractivity contribution is -0.143. The van der Waals surface area contributed by atoms with E-state index in [9.17, 15) is 14.4 Å². The van der Waals surface area contributed by atoms with E-state index in [1.165, 1.54) is 0 Å². The number of amides is 3. The van der Waals surface area contributed by atoms with Gasteiger partial charge in [-0.15, -0.1) is 0 Å². The number of anilines is 1. The Morgan fingerprint density at radius 2 is 1.47 bits per heavy atom. The maximum atomic E-state index is 13.9. The van der Waals surface area contributed by atoms with Crippen molar-refractivity contribution < 1.29 is 19.1 Å². The molecule has 5 rings (SSSR count). The molecule has 3 amide bonds. The fourth-order valence-electron chi connectivity index (χ4n) is 5.89. The van der Waals surface area contributed by atoms with E-state index in [1.54, 1.807) is 9.80 Å². The Hall–Kier alpha value is -3.39. The molecule has 0 bridgehead atoms. The second kappa shape index (κ2) is 11.6. The third-order valence-electron chi connectivity index (χ3n) is 8.32. The Kier molecular flexibility index (Phi) is 7.98. The summed E-state index contributed by atoms with van der Waals surface area (Å²) in [7, 11) is 0. The number of nitrogens with zero attached hydrogens (tertiary/aromatic N) is 4. The van der Waals surface area contributed by atoms with Crippen LogP contribution in [0.2, 0.25) is 0 Å². The maximum absolute atomic E-state index is 13.9. The Morgan fingerprint density at radius 1 is 0.868 bits per heavy atom. The van der Waals surface area contributed by atoms with Gasteiger partial charge < -0.3 is 24.3 Å². The first-order chi connectivity index (χ1) is 18.5. The smallest absolute Gasteiger partial charge is 0.250 e. The molecule has 0 aromatic heterocycles. The first-order valence-electron chi connectivity index (χ1n) is 13.8. The lowest BCUT2D eigenvalue weighted by atomic mass is 9.85. The maximum Gasteiger partial charge on any atom is 0.250 e. The molecule has 1 spiro atoms. The SMILES string of the molecule is CC1CCN(C(=O)CN2CN(c3ccccc3)C3(CCN(C(=O)COCc4ccccc4)CC3)C2=O)CC1. The summed E-state index contributed by atoms with van der Waals surface area (Å²) in [5.74, 6) is 0.603. The van der Waals surface area contributed by atoms with Crippen molar-refractivity contribution in [2.24, 2.45) is 5.92 Å². The molecule has 3 saturated heterocycles. The number of carbonyl (C=O) groups excluding carboxylic acids is 3. The van der Waals surface area contributed by atoms with Crippen LogP contribution in [0.4, 0.5) is 5.69 Å². The highest BCUT2D eigenvalue weighted by Crippen LogP contribution is 2.39. The van der Waals surface area contributed by atoms with Crippen molar-refractivity contribution in [2.75, 3.05) is 50.9 Å². The van der Waals surface area contributed by atoms with Crippen LogP contribution in [0.5, 0.6) is 0 Å². The number of hydrogen-bond donors (Lipinski definition) is 0. The molecule has 0 radical (unpaired) electrons. The van der Waals surface area contributed by atoms with Crippen LogP contribution in [0, 0.1) is 5.92 Å². The van der Waals surface area contributed by atoms with Crippen LogP contribution in [0.15, 0.2) is 60.7 Å². The van der Waals surface area contributed by atoms with Crippen LogP contribution in [-0.4, -0.2) is 84.0 Å². The average molecular weight is 519 g/mol. The summed E-state index contributed by atoms with van der Waals surface area (Å²) in [5.41, 5.74) is 1.25. The molecule has 0 saturated carbocycles. The van der Waals surface area contributed by atoms with E-state index in [-0.39, 0.29) is 30.9 Å². The number of carbonyl (C=O) groups is 3. The van der Waals surface area contributed by atoms with Gasteiger partial charge in [-0.3, -0.25) is 14.4 Å². The van der Waals surface area contributed by atoms with Crippen molar-refractivity contribution in [1.82, 2.24) is 14.7 Å². The molecule has 202 valence electrons. The summed E-state index contributed by atoms with van der Waals surface area (Å²) in [6.45, 7) is 5.61. The van der Waals surface area contributed by atoms with Crippen LogP contribution >= 0.6 is 0 Å². The van der Waals surface area contributed by atoms with E-state index in [0.29, 0.717) is 45.1 Å². The third-order valence-corrected chi connectivity index (χ3v) is 8.32. The fourth-order valence-corrected chi connectivity index (χ4v) is 5.89. The van der Waals surface area contributed by atoms with Gasteiger partial charge in [-0.05, 0) is 49.3 Å². The highest BCUT2D eigenvalue weighted by molar-refractivity contribution is 5.96. The quantitative estimate of drug-likeness (QED) is 0.563. The van der Waals surface area contributed by atoms with Gasteiger partial charge in [0.1, 0.15) is 18.7 Å². The molecule has 0 aliphatic carbocycles. The molecule has 0 N–H and O–H groups in total. The van der Waals surface area contributed by atoms with E-state index in [0.717, 1.165) is 37.2 Å². The topological polar surface area (TPSA) is 73.4 Å². The first-order valence-corrected chi connectivity index (χ1v) is 13.8. The Labute approximate surface area is 225 Å². The monoisotopic (exact) mass is 518 g/mol. The van der Waals surface area contributed by atoms with Crippen molar-refractivity contribution >= 4 is 23.4 Å². The molecular weight excluding hydrogens is 480 g/mol. The summed E-state index contributed by atoms with van der Waals surface area (Å²) in [6.07, 6.45) is 3.07. The Morgan fingerprint density at radius 3 is 2.13 bits per heavy atom. The number of benzene rings is 2. The molecule has 3 fully saturated rings. The van der Waals surface area contributed by atoms with Crippen LogP contribution in [-0.2, 0) is 25.7 Å². The van der Waals surface area contributed by atoms with Crippen LogP contribution in [0.25, 0.3) is 0 Å². The van der Waals surface area contributed by atoms with Gasteiger partial charge in [0, 0.05) is 31.9 Å². The van der Waals surface area contributed by atoms with Gasteiger partial charge in [0.2, 0.25) is 11.8 Å². The lowest BCUT2D eigenvalue weighted by Gasteiger charge is -2.43. The number of ether oxygens (including phenoxy) is 1. The standard InChI is InChI=1S/C30H38N4O4/c1-24-12-16-31(17-13-24)27(35)20-33-23-34(26-10-6-3-7-11-26)30(29(33)37)14-18-32(19-15-30)28(36)22-38-21-25-8-4-2-5-9-25/h2-11,24H,12-23H2,1H3. The van der Waals surface area contributed by atoms with E-state index >= 15 is 0 Å². The number of para-hydroxylation sites is 1. The first kappa shape index (κ1) is 26.2. The van der Waals surface area contributed by atoms with Crippen LogP contribution < -0.4 is 4.90 Å².